The van der Waals surface area contributed by atoms with Crippen LogP contribution in [0.25, 0.3) is 0 Å². The Bertz CT molecular complexity index is 478. The van der Waals surface area contributed by atoms with Gasteiger partial charge in [0.15, 0.2) is 9.84 Å². The Hall–Kier alpha value is -0.840. The summed E-state index contributed by atoms with van der Waals surface area (Å²) in [5.74, 6) is 0.500. The minimum Gasteiger partial charge on any atom is -0.266 e. The zero-order chi connectivity index (χ0) is 11.8. The van der Waals surface area contributed by atoms with Gasteiger partial charge in [-0.1, -0.05) is 13.3 Å². The molecule has 1 fully saturated rings. The average molecular weight is 242 g/mol. The molecule has 0 spiro atoms. The number of aryl methyl sites for hydroxylation is 1. The van der Waals surface area contributed by atoms with Crippen molar-refractivity contribution in [2.75, 3.05) is 11.5 Å². The molecule has 90 valence electrons. The molecule has 0 aromatic carbocycles. The van der Waals surface area contributed by atoms with E-state index in [4.69, 9.17) is 0 Å². The van der Waals surface area contributed by atoms with Crippen molar-refractivity contribution in [2.24, 2.45) is 0 Å². The van der Waals surface area contributed by atoms with Gasteiger partial charge < -0.3 is 0 Å². The Morgan fingerprint density at radius 2 is 2.31 bits per heavy atom. The van der Waals surface area contributed by atoms with E-state index < -0.39 is 9.84 Å². The fourth-order valence-corrected chi connectivity index (χ4v) is 4.35. The van der Waals surface area contributed by atoms with Gasteiger partial charge in [-0.05, 0) is 25.8 Å². The van der Waals surface area contributed by atoms with Crippen LogP contribution >= 0.6 is 0 Å². The third-order valence-corrected chi connectivity index (χ3v) is 5.07. The summed E-state index contributed by atoms with van der Waals surface area (Å²) >= 11 is 0. The molecule has 0 N–H and O–H groups in total. The smallest absolute Gasteiger partial charge is 0.152 e. The zero-order valence-corrected chi connectivity index (χ0v) is 10.6. The van der Waals surface area contributed by atoms with Crippen LogP contribution in [0.4, 0.5) is 0 Å². The lowest BCUT2D eigenvalue weighted by molar-refractivity contribution is 0.326. The third kappa shape index (κ3) is 2.14. The highest BCUT2D eigenvalue weighted by molar-refractivity contribution is 7.91. The molecule has 0 saturated carbocycles. The van der Waals surface area contributed by atoms with E-state index in [0.717, 1.165) is 18.5 Å². The van der Waals surface area contributed by atoms with Crippen molar-refractivity contribution in [1.82, 2.24) is 9.78 Å². The summed E-state index contributed by atoms with van der Waals surface area (Å²) in [6.07, 6.45) is 4.59. The van der Waals surface area contributed by atoms with E-state index in [1.54, 1.807) is 0 Å². The highest BCUT2D eigenvalue weighted by Crippen LogP contribution is 2.29. The van der Waals surface area contributed by atoms with Crippen molar-refractivity contribution in [1.29, 1.82) is 0 Å². The van der Waals surface area contributed by atoms with Crippen molar-refractivity contribution >= 4 is 9.84 Å². The fourth-order valence-electron chi connectivity index (χ4n) is 2.23. The molecule has 2 heterocycles. The van der Waals surface area contributed by atoms with E-state index in [1.807, 2.05) is 23.9 Å². The first-order valence-electron chi connectivity index (χ1n) is 5.71. The molecule has 0 amide bonds. The van der Waals surface area contributed by atoms with Gasteiger partial charge in [-0.3, -0.25) is 4.68 Å². The van der Waals surface area contributed by atoms with E-state index in [9.17, 15) is 8.42 Å². The first-order chi connectivity index (χ1) is 7.45. The second-order valence-electron chi connectivity index (χ2n) is 4.84. The van der Waals surface area contributed by atoms with Crippen LogP contribution in [0.3, 0.4) is 0 Å². The SMILES string of the molecule is CCCc1ccn(C2(C)CCS(=O)(=O)C2)n1. The number of sulfone groups is 1. The zero-order valence-electron chi connectivity index (χ0n) is 9.81. The van der Waals surface area contributed by atoms with Crippen molar-refractivity contribution in [3.05, 3.63) is 18.0 Å². The Balaban J connectivity index is 2.23. The maximum Gasteiger partial charge on any atom is 0.152 e. The normalized spacial score (nSPS) is 28.4. The lowest BCUT2D eigenvalue weighted by Crippen LogP contribution is -2.31. The van der Waals surface area contributed by atoms with Crippen molar-refractivity contribution in [3.63, 3.8) is 0 Å². The summed E-state index contributed by atoms with van der Waals surface area (Å²) in [6.45, 7) is 4.08. The molecule has 2 rings (SSSR count). The quantitative estimate of drug-likeness (QED) is 0.804. The number of hydrogen-bond donors (Lipinski definition) is 0. The fraction of sp³-hybridized carbons (Fsp3) is 0.727. The van der Waals surface area contributed by atoms with Crippen molar-refractivity contribution in [2.45, 2.75) is 38.6 Å². The summed E-state index contributed by atoms with van der Waals surface area (Å²) in [7, 11) is -2.87. The Morgan fingerprint density at radius 1 is 1.56 bits per heavy atom. The molecule has 1 aliphatic rings. The van der Waals surface area contributed by atoms with E-state index in [0.29, 0.717) is 6.42 Å². The largest absolute Gasteiger partial charge is 0.266 e. The predicted molar refractivity (Wildman–Crippen MR) is 63.1 cm³/mol. The predicted octanol–water partition coefficient (Wildman–Crippen LogP) is 1.37. The summed E-state index contributed by atoms with van der Waals surface area (Å²) in [6, 6.07) is 1.99. The summed E-state index contributed by atoms with van der Waals surface area (Å²) in [4.78, 5) is 0. The van der Waals surface area contributed by atoms with E-state index in [1.165, 1.54) is 0 Å². The van der Waals surface area contributed by atoms with Crippen LogP contribution in [0.2, 0.25) is 0 Å². The first kappa shape index (κ1) is 11.6. The van der Waals surface area contributed by atoms with Gasteiger partial charge in [0.2, 0.25) is 0 Å². The molecule has 1 saturated heterocycles. The molecule has 16 heavy (non-hydrogen) atoms. The van der Waals surface area contributed by atoms with E-state index in [-0.39, 0.29) is 17.0 Å². The molecule has 1 unspecified atom stereocenters. The third-order valence-electron chi connectivity index (χ3n) is 3.19. The van der Waals surface area contributed by atoms with Crippen molar-refractivity contribution < 1.29 is 8.42 Å². The summed E-state index contributed by atoms with van der Waals surface area (Å²) in [5.41, 5.74) is 0.707. The minimum atomic E-state index is -2.87. The van der Waals surface area contributed by atoms with Crippen LogP contribution in [0.1, 0.15) is 32.4 Å². The Kier molecular flexibility index (Phi) is 2.82. The van der Waals surface area contributed by atoms with Gasteiger partial charge in [-0.2, -0.15) is 5.10 Å². The van der Waals surface area contributed by atoms with Crippen LogP contribution in [-0.4, -0.2) is 29.7 Å². The topological polar surface area (TPSA) is 52.0 Å². The molecule has 5 heteroatoms. The van der Waals surface area contributed by atoms with Crippen LogP contribution in [0.5, 0.6) is 0 Å². The molecular weight excluding hydrogens is 224 g/mol. The monoisotopic (exact) mass is 242 g/mol. The number of rotatable bonds is 3. The van der Waals surface area contributed by atoms with Gasteiger partial charge in [-0.25, -0.2) is 8.42 Å². The molecule has 0 bridgehead atoms. The van der Waals surface area contributed by atoms with Crippen LogP contribution in [0.15, 0.2) is 12.3 Å². The summed E-state index contributed by atoms with van der Waals surface area (Å²) < 4.78 is 24.9. The lowest BCUT2D eigenvalue weighted by Gasteiger charge is -2.22. The lowest BCUT2D eigenvalue weighted by atomic mass is 10.0. The molecule has 1 aliphatic heterocycles. The van der Waals surface area contributed by atoms with Gasteiger partial charge in [0, 0.05) is 6.20 Å². The average Bonchev–Trinajstić information content (AvgIpc) is 2.73. The van der Waals surface area contributed by atoms with Gasteiger partial charge in [0.05, 0.1) is 22.7 Å². The molecule has 1 atom stereocenters. The summed E-state index contributed by atoms with van der Waals surface area (Å²) in [5, 5.41) is 4.47. The van der Waals surface area contributed by atoms with Gasteiger partial charge in [-0.15, -0.1) is 0 Å². The molecule has 0 aliphatic carbocycles. The molecule has 1 aromatic rings. The highest BCUT2D eigenvalue weighted by Gasteiger charge is 2.40. The Labute approximate surface area is 96.6 Å². The molecule has 4 nitrogen and oxygen atoms in total. The van der Waals surface area contributed by atoms with Crippen LogP contribution in [0, 0.1) is 0 Å². The molecule has 0 radical (unpaired) electrons. The second-order valence-corrected chi connectivity index (χ2v) is 7.02. The maximum absolute atomic E-state index is 11.5. The van der Waals surface area contributed by atoms with E-state index in [2.05, 4.69) is 12.0 Å². The maximum atomic E-state index is 11.5. The highest BCUT2D eigenvalue weighted by atomic mass is 32.2. The second kappa shape index (κ2) is 3.87. The number of nitrogens with zero attached hydrogens (tertiary/aromatic N) is 2. The van der Waals surface area contributed by atoms with Crippen LogP contribution < -0.4 is 0 Å². The Morgan fingerprint density at radius 3 is 2.88 bits per heavy atom. The van der Waals surface area contributed by atoms with Gasteiger partial charge in [0.25, 0.3) is 0 Å². The molecular formula is C11H18N2O2S. The minimum absolute atomic E-state index is 0.216. The van der Waals surface area contributed by atoms with Gasteiger partial charge >= 0.3 is 0 Å². The van der Waals surface area contributed by atoms with E-state index >= 15 is 0 Å². The van der Waals surface area contributed by atoms with Gasteiger partial charge in [0.1, 0.15) is 0 Å². The standard InChI is InChI=1S/C11H18N2O2S/c1-3-4-10-5-7-13(12-10)11(2)6-8-16(14,15)9-11/h5,7H,3-4,6,8-9H2,1-2H3. The van der Waals surface area contributed by atoms with Crippen LogP contribution in [-0.2, 0) is 21.8 Å². The first-order valence-corrected chi connectivity index (χ1v) is 7.53. The molecule has 1 aromatic heterocycles. The van der Waals surface area contributed by atoms with Crippen molar-refractivity contribution in [3.8, 4) is 0 Å². The number of aromatic nitrogens is 2. The number of hydrogen-bond acceptors (Lipinski definition) is 3.